The third-order valence-electron chi connectivity index (χ3n) is 5.62. The SMILES string of the molecule is CN(C)C(=O)c1ccc(N2CCN(Cc3cc4c(Br)ccnc4n3C)CC2)cc1. The average Bonchev–Trinajstić information content (AvgIpc) is 3.05. The summed E-state index contributed by atoms with van der Waals surface area (Å²) in [6.07, 6.45) is 1.84. The number of piperazine rings is 1. The number of hydrogen-bond donors (Lipinski definition) is 0. The van der Waals surface area contributed by atoms with E-state index >= 15 is 0 Å². The number of rotatable bonds is 4. The fourth-order valence-corrected chi connectivity index (χ4v) is 4.27. The number of carbonyl (C=O) groups is 1. The first-order valence-electron chi connectivity index (χ1n) is 9.82. The van der Waals surface area contributed by atoms with Gasteiger partial charge in [-0.3, -0.25) is 9.69 Å². The number of amides is 1. The predicted octanol–water partition coefficient (Wildman–Crippen LogP) is 3.36. The molecular formula is C22H26BrN5O. The number of aryl methyl sites for hydroxylation is 1. The first-order valence-corrected chi connectivity index (χ1v) is 10.6. The Bertz CT molecular complexity index is 1020. The van der Waals surface area contributed by atoms with E-state index < -0.39 is 0 Å². The molecule has 1 aliphatic heterocycles. The lowest BCUT2D eigenvalue weighted by molar-refractivity contribution is 0.0827. The highest BCUT2D eigenvalue weighted by Crippen LogP contribution is 2.26. The number of pyridine rings is 1. The maximum absolute atomic E-state index is 12.1. The summed E-state index contributed by atoms with van der Waals surface area (Å²) in [4.78, 5) is 23.1. The van der Waals surface area contributed by atoms with Crippen LogP contribution < -0.4 is 4.90 Å². The summed E-state index contributed by atoms with van der Waals surface area (Å²) in [5, 5.41) is 1.16. The van der Waals surface area contributed by atoms with Gasteiger partial charge in [0.05, 0.1) is 0 Å². The number of fused-ring (bicyclic) bond motifs is 1. The standard InChI is InChI=1S/C22H26BrN5O/c1-25(2)22(29)16-4-6-17(7-5-16)28-12-10-27(11-13-28)15-18-14-19-20(23)8-9-24-21(19)26(18)3/h4-9,14H,10-13,15H2,1-3H3. The van der Waals surface area contributed by atoms with Gasteiger partial charge in [-0.25, -0.2) is 4.98 Å². The minimum absolute atomic E-state index is 0.0393. The van der Waals surface area contributed by atoms with E-state index in [1.165, 1.54) is 11.4 Å². The number of carbonyl (C=O) groups excluding carboxylic acids is 1. The van der Waals surface area contributed by atoms with Crippen LogP contribution in [0.1, 0.15) is 16.1 Å². The molecule has 29 heavy (non-hydrogen) atoms. The lowest BCUT2D eigenvalue weighted by atomic mass is 10.1. The number of hydrogen-bond acceptors (Lipinski definition) is 4. The van der Waals surface area contributed by atoms with E-state index in [1.807, 2.05) is 24.4 Å². The van der Waals surface area contributed by atoms with E-state index in [4.69, 9.17) is 0 Å². The zero-order chi connectivity index (χ0) is 20.5. The lowest BCUT2D eigenvalue weighted by Gasteiger charge is -2.36. The van der Waals surface area contributed by atoms with Crippen molar-refractivity contribution in [2.45, 2.75) is 6.54 Å². The molecule has 7 heteroatoms. The van der Waals surface area contributed by atoms with Gasteiger partial charge in [-0.05, 0) is 52.3 Å². The first kappa shape index (κ1) is 19.9. The highest BCUT2D eigenvalue weighted by atomic mass is 79.9. The van der Waals surface area contributed by atoms with Gasteiger partial charge in [0.15, 0.2) is 0 Å². The molecule has 0 atom stereocenters. The minimum atomic E-state index is 0.0393. The molecule has 6 nitrogen and oxygen atoms in total. The molecule has 0 N–H and O–H groups in total. The topological polar surface area (TPSA) is 44.6 Å². The van der Waals surface area contributed by atoms with Crippen LogP contribution in [0.5, 0.6) is 0 Å². The molecule has 0 aliphatic carbocycles. The average molecular weight is 456 g/mol. The summed E-state index contributed by atoms with van der Waals surface area (Å²) in [5.41, 5.74) is 4.20. The molecule has 1 amide bonds. The minimum Gasteiger partial charge on any atom is -0.369 e. The molecule has 1 saturated heterocycles. The summed E-state index contributed by atoms with van der Waals surface area (Å²) < 4.78 is 3.28. The Labute approximate surface area is 179 Å². The van der Waals surface area contributed by atoms with Crippen molar-refractivity contribution in [1.29, 1.82) is 0 Å². The molecule has 0 radical (unpaired) electrons. The summed E-state index contributed by atoms with van der Waals surface area (Å²) in [5.74, 6) is 0.0393. The largest absolute Gasteiger partial charge is 0.369 e. The van der Waals surface area contributed by atoms with Crippen LogP contribution >= 0.6 is 15.9 Å². The van der Waals surface area contributed by atoms with Crippen LogP contribution in [0.2, 0.25) is 0 Å². The van der Waals surface area contributed by atoms with Crippen molar-refractivity contribution in [1.82, 2.24) is 19.4 Å². The van der Waals surface area contributed by atoms with E-state index in [9.17, 15) is 4.79 Å². The van der Waals surface area contributed by atoms with Crippen molar-refractivity contribution < 1.29 is 4.79 Å². The molecule has 2 aromatic heterocycles. The second-order valence-corrected chi connectivity index (χ2v) is 8.59. The fraction of sp³-hybridized carbons (Fsp3) is 0.364. The lowest BCUT2D eigenvalue weighted by Crippen LogP contribution is -2.46. The van der Waals surface area contributed by atoms with E-state index in [0.29, 0.717) is 0 Å². The molecule has 152 valence electrons. The maximum atomic E-state index is 12.1. The Morgan fingerprint density at radius 3 is 2.41 bits per heavy atom. The third-order valence-corrected chi connectivity index (χ3v) is 6.31. The predicted molar refractivity (Wildman–Crippen MR) is 120 cm³/mol. The van der Waals surface area contributed by atoms with E-state index in [0.717, 1.165) is 53.8 Å². The summed E-state index contributed by atoms with van der Waals surface area (Å²) >= 11 is 3.63. The van der Waals surface area contributed by atoms with Crippen molar-refractivity contribution >= 4 is 38.6 Å². The van der Waals surface area contributed by atoms with Crippen molar-refractivity contribution in [3.05, 3.63) is 58.3 Å². The molecular weight excluding hydrogens is 430 g/mol. The smallest absolute Gasteiger partial charge is 0.253 e. The van der Waals surface area contributed by atoms with Crippen LogP contribution in [0.4, 0.5) is 5.69 Å². The van der Waals surface area contributed by atoms with Crippen LogP contribution in [0.3, 0.4) is 0 Å². The van der Waals surface area contributed by atoms with Crippen molar-refractivity contribution in [3.8, 4) is 0 Å². The molecule has 1 fully saturated rings. The highest BCUT2D eigenvalue weighted by Gasteiger charge is 2.20. The molecule has 0 saturated carbocycles. The maximum Gasteiger partial charge on any atom is 0.253 e. The summed E-state index contributed by atoms with van der Waals surface area (Å²) in [6, 6.07) is 12.2. The zero-order valence-electron chi connectivity index (χ0n) is 17.1. The van der Waals surface area contributed by atoms with Gasteiger partial charge < -0.3 is 14.4 Å². The normalized spacial score (nSPS) is 15.1. The van der Waals surface area contributed by atoms with E-state index in [2.05, 4.69) is 60.5 Å². The van der Waals surface area contributed by atoms with E-state index in [1.54, 1.807) is 19.0 Å². The molecule has 0 unspecified atom stereocenters. The van der Waals surface area contributed by atoms with Gasteiger partial charge in [-0.15, -0.1) is 0 Å². The van der Waals surface area contributed by atoms with Crippen LogP contribution in [-0.2, 0) is 13.6 Å². The molecule has 0 bridgehead atoms. The van der Waals surface area contributed by atoms with Gasteiger partial charge in [0, 0.05) is 86.9 Å². The second kappa shape index (κ2) is 8.16. The monoisotopic (exact) mass is 455 g/mol. The van der Waals surface area contributed by atoms with Crippen molar-refractivity contribution in [2.24, 2.45) is 7.05 Å². The molecule has 4 rings (SSSR count). The molecule has 1 aromatic carbocycles. The van der Waals surface area contributed by atoms with Crippen LogP contribution in [0.25, 0.3) is 11.0 Å². The number of halogens is 1. The highest BCUT2D eigenvalue weighted by molar-refractivity contribution is 9.10. The first-order chi connectivity index (χ1) is 13.9. The Balaban J connectivity index is 1.39. The van der Waals surface area contributed by atoms with Crippen LogP contribution in [0.15, 0.2) is 47.1 Å². The fourth-order valence-electron chi connectivity index (χ4n) is 3.86. The Morgan fingerprint density at radius 2 is 1.79 bits per heavy atom. The van der Waals surface area contributed by atoms with Crippen LogP contribution in [0, 0.1) is 0 Å². The molecule has 3 heterocycles. The summed E-state index contributed by atoms with van der Waals surface area (Å²) in [7, 11) is 5.64. The Hall–Kier alpha value is -2.38. The van der Waals surface area contributed by atoms with Gasteiger partial charge in [0.2, 0.25) is 0 Å². The molecule has 1 aliphatic rings. The van der Waals surface area contributed by atoms with Gasteiger partial charge in [-0.2, -0.15) is 0 Å². The van der Waals surface area contributed by atoms with Gasteiger partial charge >= 0.3 is 0 Å². The Kier molecular flexibility index (Phi) is 5.61. The van der Waals surface area contributed by atoms with Crippen LogP contribution in [-0.4, -0.2) is 65.5 Å². The zero-order valence-corrected chi connectivity index (χ0v) is 18.7. The number of benzene rings is 1. The second-order valence-electron chi connectivity index (χ2n) is 7.73. The quantitative estimate of drug-likeness (QED) is 0.604. The van der Waals surface area contributed by atoms with Crippen molar-refractivity contribution in [2.75, 3.05) is 45.2 Å². The number of aromatic nitrogens is 2. The number of nitrogens with zero attached hydrogens (tertiary/aromatic N) is 5. The van der Waals surface area contributed by atoms with Crippen molar-refractivity contribution in [3.63, 3.8) is 0 Å². The van der Waals surface area contributed by atoms with Gasteiger partial charge in [0.25, 0.3) is 5.91 Å². The van der Waals surface area contributed by atoms with Gasteiger partial charge in [-0.1, -0.05) is 0 Å². The van der Waals surface area contributed by atoms with Gasteiger partial charge in [0.1, 0.15) is 5.65 Å². The van der Waals surface area contributed by atoms with E-state index in [-0.39, 0.29) is 5.91 Å². The molecule has 3 aromatic rings. The molecule has 0 spiro atoms. The Morgan fingerprint density at radius 1 is 1.10 bits per heavy atom. The third kappa shape index (κ3) is 4.02. The summed E-state index contributed by atoms with van der Waals surface area (Å²) in [6.45, 7) is 4.89. The number of anilines is 1.